The van der Waals surface area contributed by atoms with E-state index in [0.29, 0.717) is 0 Å². The largest absolute Gasteiger partial charge is 0.307 e. The molecule has 0 radical (unpaired) electrons. The molecular weight excluding hydrogens is 777 g/mol. The quantitative estimate of drug-likeness (QED) is 0.121. The van der Waals surface area contributed by atoms with E-state index < -0.39 is 8.07 Å². The van der Waals surface area contributed by atoms with Crippen molar-refractivity contribution in [1.82, 2.24) is 18.5 Å². The second kappa shape index (κ2) is 13.2. The Labute approximate surface area is 356 Å². The first-order valence-electron chi connectivity index (χ1n) is 20.8. The normalized spacial score (nSPS) is 12.3. The lowest BCUT2D eigenvalue weighted by Gasteiger charge is -2.34. The Balaban J connectivity index is 1.15. The number of benzene rings is 9. The van der Waals surface area contributed by atoms with E-state index in [0.717, 1.165) is 50.3 Å². The monoisotopic (exact) mass is 812 g/mol. The molecule has 0 saturated heterocycles. The summed E-state index contributed by atoms with van der Waals surface area (Å²) in [5.41, 5.74) is 8.87. The molecule has 0 aliphatic heterocycles. The fourth-order valence-electron chi connectivity index (χ4n) is 10.3. The van der Waals surface area contributed by atoms with Gasteiger partial charge in [-0.25, -0.2) is 4.98 Å². The first kappa shape index (κ1) is 34.4. The van der Waals surface area contributed by atoms with Crippen LogP contribution >= 0.6 is 11.3 Å². The highest BCUT2D eigenvalue weighted by Gasteiger charge is 2.41. The van der Waals surface area contributed by atoms with Crippen molar-refractivity contribution in [3.05, 3.63) is 218 Å². The van der Waals surface area contributed by atoms with E-state index in [2.05, 4.69) is 232 Å². The lowest BCUT2D eigenvalue weighted by atomic mass is 10.1. The second-order valence-corrected chi connectivity index (χ2v) is 20.8. The van der Waals surface area contributed by atoms with Crippen LogP contribution in [-0.2, 0) is 0 Å². The van der Waals surface area contributed by atoms with Crippen molar-refractivity contribution in [3.63, 3.8) is 0 Å². The third kappa shape index (κ3) is 4.83. The molecule has 4 aromatic heterocycles. The number of nitrogens with zero attached hydrogens (tertiary/aromatic N) is 4. The molecule has 4 nitrogen and oxygen atoms in total. The molecule has 0 N–H and O–H groups in total. The van der Waals surface area contributed by atoms with Gasteiger partial charge >= 0.3 is 0 Å². The lowest BCUT2D eigenvalue weighted by molar-refractivity contribution is 1.12. The third-order valence-corrected chi connectivity index (χ3v) is 18.8. The molecule has 9 aromatic carbocycles. The maximum Gasteiger partial charge on any atom is 0.220 e. The van der Waals surface area contributed by atoms with Crippen LogP contribution in [0.15, 0.2) is 218 Å². The molecule has 286 valence electrons. The summed E-state index contributed by atoms with van der Waals surface area (Å²) in [5, 5.41) is 10.4. The number of fused-ring (bicyclic) bond motifs is 12. The van der Waals surface area contributed by atoms with Crippen LogP contribution in [-0.4, -0.2) is 26.6 Å². The zero-order valence-electron chi connectivity index (χ0n) is 33.0. The number of thiophene rings is 1. The Kier molecular flexibility index (Phi) is 7.46. The van der Waals surface area contributed by atoms with Gasteiger partial charge in [0.2, 0.25) is 5.78 Å². The molecule has 13 aromatic rings. The molecule has 0 aliphatic carbocycles. The second-order valence-electron chi connectivity index (χ2n) is 15.9. The summed E-state index contributed by atoms with van der Waals surface area (Å²) >= 11 is 1.86. The molecule has 6 heteroatoms. The van der Waals surface area contributed by atoms with Crippen LogP contribution in [0.3, 0.4) is 0 Å². The number of hydrogen-bond acceptors (Lipinski definition) is 2. The number of rotatable bonds is 6. The number of para-hydroxylation sites is 3. The summed E-state index contributed by atoms with van der Waals surface area (Å²) in [6.45, 7) is 0. The van der Waals surface area contributed by atoms with Crippen molar-refractivity contribution in [2.24, 2.45) is 0 Å². The number of aromatic nitrogens is 4. The summed E-state index contributed by atoms with van der Waals surface area (Å²) in [7, 11) is -2.79. The van der Waals surface area contributed by atoms with Crippen molar-refractivity contribution < 1.29 is 0 Å². The fourth-order valence-corrected chi connectivity index (χ4v) is 16.2. The van der Waals surface area contributed by atoms with Gasteiger partial charge in [-0.2, -0.15) is 0 Å². The topological polar surface area (TPSA) is 27.2 Å². The van der Waals surface area contributed by atoms with Gasteiger partial charge < -0.3 is 4.57 Å². The van der Waals surface area contributed by atoms with Crippen LogP contribution in [0.2, 0.25) is 0 Å². The van der Waals surface area contributed by atoms with Crippen molar-refractivity contribution >= 4 is 110 Å². The molecular formula is C55H36N4SSi. The Morgan fingerprint density at radius 2 is 0.984 bits per heavy atom. The summed E-state index contributed by atoms with van der Waals surface area (Å²) in [6, 6.07) is 80.5. The van der Waals surface area contributed by atoms with Gasteiger partial charge in [-0.15, -0.1) is 11.3 Å². The molecule has 61 heavy (non-hydrogen) atoms. The minimum absolute atomic E-state index is 0.905. The SMILES string of the molecule is c1ccc(-n2c3ccc([Si](c4ccccc4)(c4ccccc4)c4ccccc4)cc3c3ccc4c(nc5n(-c6cccc7c6sc6ccccc67)c6ccccc6n45)c32)cc1. The zero-order valence-corrected chi connectivity index (χ0v) is 34.8. The van der Waals surface area contributed by atoms with Crippen LogP contribution in [0.4, 0.5) is 0 Å². The number of hydrogen-bond donors (Lipinski definition) is 0. The third-order valence-electron chi connectivity index (χ3n) is 12.8. The van der Waals surface area contributed by atoms with E-state index in [-0.39, 0.29) is 0 Å². The highest BCUT2D eigenvalue weighted by atomic mass is 32.1. The Hall–Kier alpha value is -7.51. The Morgan fingerprint density at radius 1 is 0.393 bits per heavy atom. The van der Waals surface area contributed by atoms with Crippen LogP contribution < -0.4 is 20.7 Å². The predicted octanol–water partition coefficient (Wildman–Crippen LogP) is 11.3. The van der Waals surface area contributed by atoms with Gasteiger partial charge in [0.15, 0.2) is 8.07 Å². The van der Waals surface area contributed by atoms with Gasteiger partial charge in [0, 0.05) is 31.9 Å². The molecule has 0 amide bonds. The molecule has 0 aliphatic rings. The van der Waals surface area contributed by atoms with Crippen molar-refractivity contribution in [2.45, 2.75) is 0 Å². The van der Waals surface area contributed by atoms with E-state index >= 15 is 0 Å². The van der Waals surface area contributed by atoms with Crippen LogP contribution in [0, 0.1) is 0 Å². The van der Waals surface area contributed by atoms with E-state index in [1.165, 1.54) is 51.7 Å². The van der Waals surface area contributed by atoms with Crippen LogP contribution in [0.1, 0.15) is 0 Å². The van der Waals surface area contributed by atoms with E-state index in [1.807, 2.05) is 11.3 Å². The molecule has 0 saturated carbocycles. The highest BCUT2D eigenvalue weighted by Crippen LogP contribution is 2.42. The van der Waals surface area contributed by atoms with Gasteiger partial charge in [-0.1, -0.05) is 164 Å². The predicted molar refractivity (Wildman–Crippen MR) is 260 cm³/mol. The minimum Gasteiger partial charge on any atom is -0.307 e. The summed E-state index contributed by atoms with van der Waals surface area (Å²) in [4.78, 5) is 5.73. The summed E-state index contributed by atoms with van der Waals surface area (Å²) in [5.74, 6) is 0.905. The summed E-state index contributed by atoms with van der Waals surface area (Å²) < 4.78 is 9.74. The van der Waals surface area contributed by atoms with Gasteiger partial charge in [0.25, 0.3) is 0 Å². The molecule has 0 bridgehead atoms. The first-order valence-corrected chi connectivity index (χ1v) is 23.6. The minimum atomic E-state index is -2.79. The maximum absolute atomic E-state index is 5.73. The highest BCUT2D eigenvalue weighted by molar-refractivity contribution is 7.26. The van der Waals surface area contributed by atoms with Crippen molar-refractivity contribution in [3.8, 4) is 11.4 Å². The van der Waals surface area contributed by atoms with Crippen molar-refractivity contribution in [2.75, 3.05) is 0 Å². The molecule has 13 rings (SSSR count). The van der Waals surface area contributed by atoms with E-state index in [1.54, 1.807) is 0 Å². The van der Waals surface area contributed by atoms with Crippen molar-refractivity contribution in [1.29, 1.82) is 0 Å². The molecule has 0 unspecified atom stereocenters. The van der Waals surface area contributed by atoms with Crippen LogP contribution in [0.25, 0.3) is 81.2 Å². The average molecular weight is 813 g/mol. The average Bonchev–Trinajstić information content (AvgIpc) is 4.08. The standard InChI is InChI=1S/C55H36N4SSi/c1-5-18-37(19-6-1)57-46-34-32-41(61(38-20-7-2-8-21-38,39-22-9-3-10-23-39)40-24-11-4-12-25-40)36-45(46)43-33-35-49-52(53(43)57)56-55-58(49)47-28-14-15-29-48(47)59(55)50-30-17-27-44-42-26-13-16-31-51(42)60-54(44)50/h1-36H. The smallest absolute Gasteiger partial charge is 0.220 e. The summed E-state index contributed by atoms with van der Waals surface area (Å²) in [6.07, 6.45) is 0. The van der Waals surface area contributed by atoms with Crippen LogP contribution in [0.5, 0.6) is 0 Å². The first-order chi connectivity index (χ1) is 30.3. The lowest BCUT2D eigenvalue weighted by Crippen LogP contribution is -2.74. The van der Waals surface area contributed by atoms with Gasteiger partial charge in [-0.3, -0.25) is 8.97 Å². The van der Waals surface area contributed by atoms with E-state index in [9.17, 15) is 0 Å². The Morgan fingerprint density at radius 3 is 1.69 bits per heavy atom. The number of imidazole rings is 2. The Bertz CT molecular complexity index is 3710. The fraction of sp³-hybridized carbons (Fsp3) is 0. The molecule has 0 fully saturated rings. The molecule has 0 spiro atoms. The van der Waals surface area contributed by atoms with Gasteiger partial charge in [0.1, 0.15) is 5.52 Å². The maximum atomic E-state index is 5.73. The van der Waals surface area contributed by atoms with Gasteiger partial charge in [-0.05, 0) is 75.3 Å². The van der Waals surface area contributed by atoms with Gasteiger partial charge in [0.05, 0.1) is 38.0 Å². The molecule has 4 heterocycles. The molecule has 0 atom stereocenters. The zero-order chi connectivity index (χ0) is 40.1. The van der Waals surface area contributed by atoms with E-state index in [4.69, 9.17) is 4.98 Å².